The van der Waals surface area contributed by atoms with E-state index in [9.17, 15) is 0 Å². The van der Waals surface area contributed by atoms with Crippen LogP contribution in [0.4, 0.5) is 34.1 Å². The second kappa shape index (κ2) is 16.8. The SMILES string of the molecule is c1ccc(N(c2ccc3c(c2)c2ccccc2n3-c2ccccc2)c2ccc(-c3c4ccoc4c(N(c4ccccc4)c4ccc5c(c4)c4ccccc4n5-c4ccccc4)c4ccoc34)c3ccccc23)cc1. The first kappa shape index (κ1) is 41.7. The number of hydrogen-bond donors (Lipinski definition) is 0. The van der Waals surface area contributed by atoms with Crippen molar-refractivity contribution in [2.24, 2.45) is 0 Å². The van der Waals surface area contributed by atoms with Crippen LogP contribution in [0.5, 0.6) is 0 Å². The molecule has 0 radical (unpaired) electrons. The van der Waals surface area contributed by atoms with Crippen molar-refractivity contribution in [1.29, 1.82) is 0 Å². The summed E-state index contributed by atoms with van der Waals surface area (Å²) in [6, 6.07) is 91.0. The molecule has 0 unspecified atom stereocenters. The molecule has 0 saturated heterocycles. The number of aromatic nitrogens is 2. The van der Waals surface area contributed by atoms with Crippen LogP contribution in [0, 0.1) is 0 Å². The summed E-state index contributed by atoms with van der Waals surface area (Å²) in [5.41, 5.74) is 16.6. The number of nitrogens with zero attached hydrogens (tertiary/aromatic N) is 4. The van der Waals surface area contributed by atoms with Crippen LogP contribution in [0.2, 0.25) is 0 Å². The lowest BCUT2D eigenvalue weighted by Crippen LogP contribution is -2.11. The third-order valence-corrected chi connectivity index (χ3v) is 14.8. The molecule has 0 N–H and O–H groups in total. The van der Waals surface area contributed by atoms with Gasteiger partial charge >= 0.3 is 0 Å². The summed E-state index contributed by atoms with van der Waals surface area (Å²) >= 11 is 0. The Kier molecular flexibility index (Phi) is 9.47. The van der Waals surface area contributed by atoms with Crippen LogP contribution < -0.4 is 9.80 Å². The number of benzene rings is 11. The lowest BCUT2D eigenvalue weighted by Gasteiger charge is -2.28. The molecule has 0 aliphatic carbocycles. The molecule has 6 heteroatoms. The van der Waals surface area contributed by atoms with Gasteiger partial charge in [0.2, 0.25) is 0 Å². The molecule has 0 bridgehead atoms. The minimum absolute atomic E-state index is 0.770. The number of anilines is 6. The minimum Gasteiger partial charge on any atom is -0.464 e. The van der Waals surface area contributed by atoms with E-state index in [-0.39, 0.29) is 0 Å². The normalized spacial score (nSPS) is 11.8. The van der Waals surface area contributed by atoms with Gasteiger partial charge < -0.3 is 27.8 Å². The van der Waals surface area contributed by atoms with Gasteiger partial charge in [-0.25, -0.2) is 0 Å². The van der Waals surface area contributed by atoms with Crippen LogP contribution in [-0.4, -0.2) is 9.13 Å². The van der Waals surface area contributed by atoms with E-state index in [4.69, 9.17) is 8.83 Å². The largest absolute Gasteiger partial charge is 0.464 e. The van der Waals surface area contributed by atoms with Crippen molar-refractivity contribution < 1.29 is 8.83 Å². The smallest absolute Gasteiger partial charge is 0.159 e. The number of furan rings is 2. The van der Waals surface area contributed by atoms with Crippen LogP contribution in [0.15, 0.2) is 276 Å². The second-order valence-electron chi connectivity index (χ2n) is 18.8. The quantitative estimate of drug-likeness (QED) is 0.145. The van der Waals surface area contributed by atoms with Crippen molar-refractivity contribution in [2.45, 2.75) is 0 Å². The molecule has 4 aromatic heterocycles. The fourth-order valence-electron chi connectivity index (χ4n) is 11.7. The van der Waals surface area contributed by atoms with Crippen molar-refractivity contribution in [3.05, 3.63) is 267 Å². The third-order valence-electron chi connectivity index (χ3n) is 14.8. The van der Waals surface area contributed by atoms with Crippen molar-refractivity contribution in [2.75, 3.05) is 9.80 Å². The van der Waals surface area contributed by atoms with Gasteiger partial charge in [-0.15, -0.1) is 0 Å². The predicted octanol–water partition coefficient (Wildman–Crippen LogP) is 19.1. The fraction of sp³-hybridized carbons (Fsp3) is 0. The average Bonchev–Trinajstić information content (AvgIpc) is 4.32. The maximum Gasteiger partial charge on any atom is 0.159 e. The van der Waals surface area contributed by atoms with Crippen molar-refractivity contribution >= 4 is 110 Å². The molecular formula is C68H44N4O2. The maximum atomic E-state index is 6.72. The molecule has 0 spiro atoms. The predicted molar refractivity (Wildman–Crippen MR) is 307 cm³/mol. The number of hydrogen-bond acceptors (Lipinski definition) is 4. The van der Waals surface area contributed by atoms with E-state index in [0.717, 1.165) is 111 Å². The summed E-state index contributed by atoms with van der Waals surface area (Å²) < 4.78 is 18.2. The zero-order chi connectivity index (χ0) is 48.7. The zero-order valence-electron chi connectivity index (χ0n) is 40.0. The Morgan fingerprint density at radius 1 is 0.284 bits per heavy atom. The molecule has 0 atom stereocenters. The topological polar surface area (TPSA) is 42.6 Å². The van der Waals surface area contributed by atoms with Gasteiger partial charge in [0.25, 0.3) is 0 Å². The van der Waals surface area contributed by atoms with Gasteiger partial charge in [-0.1, -0.05) is 140 Å². The van der Waals surface area contributed by atoms with Gasteiger partial charge in [-0.3, -0.25) is 0 Å². The lowest BCUT2D eigenvalue weighted by atomic mass is 9.92. The molecule has 0 aliphatic rings. The standard InChI is InChI=1S/C68H44N4O2/c1-5-19-45(20-6-1)69(49-33-36-63-58(43-49)53-29-15-17-31-60(53)71(63)47-23-9-3-10-24-47)62-38-35-55(51-27-13-14-28-52(51)62)65-56-39-41-74-68(56)66(57-40-42-73-67(57)65)70(46-21-7-2-8-22-46)50-34-37-64-59(44-50)54-30-16-18-32-61(54)72(64)48-25-11-4-12-26-48/h1-44H. The molecule has 0 aliphatic heterocycles. The van der Waals surface area contributed by atoms with Crippen LogP contribution in [0.3, 0.4) is 0 Å². The highest BCUT2D eigenvalue weighted by atomic mass is 16.3. The van der Waals surface area contributed by atoms with E-state index in [1.54, 1.807) is 0 Å². The van der Waals surface area contributed by atoms with Crippen LogP contribution in [0.1, 0.15) is 0 Å². The van der Waals surface area contributed by atoms with E-state index in [2.05, 4.69) is 274 Å². The first-order chi connectivity index (χ1) is 36.8. The third kappa shape index (κ3) is 6.38. The molecule has 15 rings (SSSR count). The molecular weight excluding hydrogens is 905 g/mol. The highest BCUT2D eigenvalue weighted by Gasteiger charge is 2.28. The molecule has 74 heavy (non-hydrogen) atoms. The van der Waals surface area contributed by atoms with Gasteiger partial charge in [-0.05, 0) is 126 Å². The maximum absolute atomic E-state index is 6.72. The zero-order valence-corrected chi connectivity index (χ0v) is 40.0. The Morgan fingerprint density at radius 3 is 1.31 bits per heavy atom. The van der Waals surface area contributed by atoms with Crippen LogP contribution in [0.25, 0.3) is 98.8 Å². The Balaban J connectivity index is 0.924. The van der Waals surface area contributed by atoms with E-state index in [1.165, 1.54) is 21.7 Å². The first-order valence-corrected chi connectivity index (χ1v) is 25.1. The molecule has 6 nitrogen and oxygen atoms in total. The number of fused-ring (bicyclic) bond motifs is 9. The molecule has 11 aromatic carbocycles. The van der Waals surface area contributed by atoms with Crippen LogP contribution >= 0.6 is 0 Å². The summed E-state index contributed by atoms with van der Waals surface area (Å²) in [7, 11) is 0. The highest BCUT2D eigenvalue weighted by molar-refractivity contribution is 6.23. The fourth-order valence-corrected chi connectivity index (χ4v) is 11.7. The molecule has 348 valence electrons. The molecule has 0 fully saturated rings. The molecule has 0 amide bonds. The molecule has 0 saturated carbocycles. The van der Waals surface area contributed by atoms with Gasteiger partial charge in [-0.2, -0.15) is 0 Å². The average molecular weight is 949 g/mol. The van der Waals surface area contributed by atoms with Gasteiger partial charge in [0.15, 0.2) is 5.58 Å². The summed E-state index contributed by atoms with van der Waals surface area (Å²) in [5, 5.41) is 8.85. The Bertz CT molecular complexity index is 4560. The highest BCUT2D eigenvalue weighted by Crippen LogP contribution is 2.52. The minimum atomic E-state index is 0.770. The van der Waals surface area contributed by atoms with Crippen molar-refractivity contribution in [3.8, 4) is 22.5 Å². The van der Waals surface area contributed by atoms with E-state index >= 15 is 0 Å². The molecule has 4 heterocycles. The van der Waals surface area contributed by atoms with Gasteiger partial charge in [0, 0.05) is 77.4 Å². The van der Waals surface area contributed by atoms with E-state index in [1.807, 2.05) is 12.5 Å². The molecule has 15 aromatic rings. The first-order valence-electron chi connectivity index (χ1n) is 25.1. The summed E-state index contributed by atoms with van der Waals surface area (Å²) in [6.07, 6.45) is 3.63. The van der Waals surface area contributed by atoms with Crippen LogP contribution in [-0.2, 0) is 0 Å². The number of para-hydroxylation sites is 6. The summed E-state index contributed by atoms with van der Waals surface area (Å²) in [6.45, 7) is 0. The van der Waals surface area contributed by atoms with Crippen molar-refractivity contribution in [3.63, 3.8) is 0 Å². The van der Waals surface area contributed by atoms with Gasteiger partial charge in [0.1, 0.15) is 11.3 Å². The number of rotatable bonds is 9. The van der Waals surface area contributed by atoms with Gasteiger partial charge in [0.05, 0.1) is 40.3 Å². The second-order valence-corrected chi connectivity index (χ2v) is 18.8. The Morgan fingerprint density at radius 2 is 0.730 bits per heavy atom. The summed E-state index contributed by atoms with van der Waals surface area (Å²) in [5.74, 6) is 0. The Labute approximate surface area is 426 Å². The monoisotopic (exact) mass is 948 g/mol. The summed E-state index contributed by atoms with van der Waals surface area (Å²) in [4.78, 5) is 4.72. The van der Waals surface area contributed by atoms with E-state index < -0.39 is 0 Å². The lowest BCUT2D eigenvalue weighted by molar-refractivity contribution is 0.613. The van der Waals surface area contributed by atoms with E-state index in [0.29, 0.717) is 0 Å². The van der Waals surface area contributed by atoms with Crippen molar-refractivity contribution in [1.82, 2.24) is 9.13 Å². The Hall–Kier alpha value is -10.0.